The van der Waals surface area contributed by atoms with Crippen molar-refractivity contribution in [2.45, 2.75) is 38.1 Å². The van der Waals surface area contributed by atoms with Crippen molar-refractivity contribution < 1.29 is 25.4 Å². The molecule has 0 radical (unpaired) electrons. The number of nitrogens with two attached hydrogens (primary N) is 2. The average Bonchev–Trinajstić information content (AvgIpc) is 2.92. The van der Waals surface area contributed by atoms with E-state index in [-0.39, 0.29) is 23.1 Å². The van der Waals surface area contributed by atoms with E-state index in [2.05, 4.69) is 49.1 Å². The van der Waals surface area contributed by atoms with Crippen LogP contribution in [0.3, 0.4) is 0 Å². The molecular weight excluding hydrogens is 548 g/mol. The van der Waals surface area contributed by atoms with Gasteiger partial charge in [0.1, 0.15) is 11.6 Å². The quantitative estimate of drug-likeness (QED) is 0.188. The number of rotatable bonds is 7. The summed E-state index contributed by atoms with van der Waals surface area (Å²) in [5.74, 6) is 1.59. The SMILES string of the molecule is CCCc1ncc(C[n+]2ccccc2C)c(N)n1.Nc1ccc(S(=O)(=O)Nc2cnc3ccccc3n2)cc1.[Cl-]. The number of aryl methyl sites for hydroxylation is 2. The van der Waals surface area contributed by atoms with Crippen molar-refractivity contribution in [3.05, 3.63) is 102 Å². The average molecular weight is 579 g/mol. The summed E-state index contributed by atoms with van der Waals surface area (Å²) in [6.45, 7) is 4.89. The summed E-state index contributed by atoms with van der Waals surface area (Å²) in [4.78, 5) is 17.2. The number of hydrogen-bond donors (Lipinski definition) is 3. The molecule has 0 saturated carbocycles. The zero-order chi connectivity index (χ0) is 27.8. The van der Waals surface area contributed by atoms with Crippen molar-refractivity contribution in [1.82, 2.24) is 19.9 Å². The van der Waals surface area contributed by atoms with E-state index in [1.165, 1.54) is 36.2 Å². The van der Waals surface area contributed by atoms with Crippen molar-refractivity contribution in [1.29, 1.82) is 0 Å². The van der Waals surface area contributed by atoms with Gasteiger partial charge in [-0.25, -0.2) is 23.4 Å². The molecule has 3 heterocycles. The first kappa shape index (κ1) is 30.2. The Balaban J connectivity index is 0.000000218. The summed E-state index contributed by atoms with van der Waals surface area (Å²) in [5.41, 5.74) is 15.5. The van der Waals surface area contributed by atoms with Gasteiger partial charge in [-0.05, 0) is 42.8 Å². The van der Waals surface area contributed by atoms with Crippen LogP contribution in [-0.2, 0) is 23.0 Å². The third kappa shape index (κ3) is 7.84. The minimum atomic E-state index is -3.71. The van der Waals surface area contributed by atoms with Gasteiger partial charge in [0.05, 0.1) is 27.7 Å². The Labute approximate surface area is 240 Å². The topological polar surface area (TPSA) is 154 Å². The number of para-hydroxylation sites is 2. The second-order valence-corrected chi connectivity index (χ2v) is 10.5. The maximum Gasteiger partial charge on any atom is 0.263 e. The first-order chi connectivity index (χ1) is 18.7. The lowest BCUT2D eigenvalue weighted by Crippen LogP contribution is -3.00. The standard InChI is InChI=1S/C14H12N4O2S.C14H19N4.ClH/c15-10-5-7-11(8-6-10)21(19,20)18-14-9-16-12-3-1-2-4-13(12)17-14;1-3-6-13-16-9-12(14(15)17-13)10-18-8-5-4-7-11(18)2;/h1-9H,15H2,(H,17,18);4-5,7-9H,3,6,10H2,1-2H3,(H2,15,16,17);1H/q;+1;/p-1. The molecule has 0 unspecified atom stereocenters. The van der Waals surface area contributed by atoms with Gasteiger partial charge >= 0.3 is 0 Å². The van der Waals surface area contributed by atoms with E-state index in [0.717, 1.165) is 24.2 Å². The molecule has 0 fully saturated rings. The van der Waals surface area contributed by atoms with Crippen LogP contribution in [0, 0.1) is 6.92 Å². The lowest BCUT2D eigenvalue weighted by atomic mass is 10.2. The maximum atomic E-state index is 12.2. The molecule has 12 heteroatoms. The van der Waals surface area contributed by atoms with E-state index >= 15 is 0 Å². The lowest BCUT2D eigenvalue weighted by molar-refractivity contribution is -0.694. The van der Waals surface area contributed by atoms with E-state index in [4.69, 9.17) is 11.5 Å². The van der Waals surface area contributed by atoms with Gasteiger partial charge in [0.15, 0.2) is 24.3 Å². The number of nitrogens with one attached hydrogen (secondary N) is 1. The highest BCUT2D eigenvalue weighted by atomic mass is 35.5. The third-order valence-electron chi connectivity index (χ3n) is 5.81. The summed E-state index contributed by atoms with van der Waals surface area (Å²) in [7, 11) is -3.71. The molecule has 0 amide bonds. The van der Waals surface area contributed by atoms with Gasteiger partial charge in [-0.1, -0.05) is 25.1 Å². The Morgan fingerprint density at radius 3 is 2.25 bits per heavy atom. The number of aromatic nitrogens is 5. The molecular formula is C28H31ClN8O2S. The van der Waals surface area contributed by atoms with Crippen LogP contribution >= 0.6 is 0 Å². The number of pyridine rings is 1. The molecule has 5 rings (SSSR count). The molecule has 208 valence electrons. The monoisotopic (exact) mass is 578 g/mol. The number of nitrogen functional groups attached to an aromatic ring is 2. The summed E-state index contributed by atoms with van der Waals surface area (Å²) >= 11 is 0. The number of benzene rings is 2. The number of nitrogens with zero attached hydrogens (tertiary/aromatic N) is 5. The van der Waals surface area contributed by atoms with Crippen molar-refractivity contribution in [2.24, 2.45) is 0 Å². The zero-order valence-corrected chi connectivity index (χ0v) is 23.8. The summed E-state index contributed by atoms with van der Waals surface area (Å²) in [6, 6.07) is 19.3. The molecule has 5 aromatic rings. The van der Waals surface area contributed by atoms with E-state index in [0.29, 0.717) is 29.1 Å². The van der Waals surface area contributed by atoms with Crippen LogP contribution in [0.2, 0.25) is 0 Å². The summed E-state index contributed by atoms with van der Waals surface area (Å²) in [6.07, 6.45) is 7.17. The Morgan fingerprint density at radius 1 is 0.875 bits per heavy atom. The van der Waals surface area contributed by atoms with Gasteiger partial charge in [-0.15, -0.1) is 0 Å². The smallest absolute Gasteiger partial charge is 0.263 e. The number of sulfonamides is 1. The van der Waals surface area contributed by atoms with Crippen molar-refractivity contribution in [3.63, 3.8) is 0 Å². The fourth-order valence-electron chi connectivity index (χ4n) is 3.70. The zero-order valence-electron chi connectivity index (χ0n) is 22.2. The molecule has 5 N–H and O–H groups in total. The van der Waals surface area contributed by atoms with E-state index in [1.54, 1.807) is 12.1 Å². The van der Waals surface area contributed by atoms with E-state index in [9.17, 15) is 8.42 Å². The van der Waals surface area contributed by atoms with Crippen LogP contribution in [0.15, 0.2) is 90.2 Å². The molecule has 0 bridgehead atoms. The minimum absolute atomic E-state index is 0. The Bertz CT molecular complexity index is 1680. The van der Waals surface area contributed by atoms with Crippen LogP contribution in [0.4, 0.5) is 17.3 Å². The third-order valence-corrected chi connectivity index (χ3v) is 7.18. The fourth-order valence-corrected chi connectivity index (χ4v) is 4.68. The molecule has 0 aliphatic rings. The fraction of sp³-hybridized carbons (Fsp3) is 0.179. The molecule has 40 heavy (non-hydrogen) atoms. The highest BCUT2D eigenvalue weighted by molar-refractivity contribution is 7.92. The van der Waals surface area contributed by atoms with Crippen molar-refractivity contribution >= 4 is 38.4 Å². The normalized spacial score (nSPS) is 10.8. The van der Waals surface area contributed by atoms with Gasteiger partial charge < -0.3 is 23.9 Å². The maximum absolute atomic E-state index is 12.2. The first-order valence-electron chi connectivity index (χ1n) is 12.4. The number of fused-ring (bicyclic) bond motifs is 1. The lowest BCUT2D eigenvalue weighted by Gasteiger charge is -2.08. The first-order valence-corrected chi connectivity index (χ1v) is 13.9. The predicted octanol–water partition coefficient (Wildman–Crippen LogP) is 0.672. The number of anilines is 3. The predicted molar refractivity (Wildman–Crippen MR) is 152 cm³/mol. The molecule has 10 nitrogen and oxygen atoms in total. The second-order valence-electron chi connectivity index (χ2n) is 8.84. The molecule has 0 aliphatic heterocycles. The van der Waals surface area contributed by atoms with Crippen molar-refractivity contribution in [3.8, 4) is 0 Å². The highest BCUT2D eigenvalue weighted by Crippen LogP contribution is 2.17. The minimum Gasteiger partial charge on any atom is -1.00 e. The molecule has 0 aliphatic carbocycles. The van der Waals surface area contributed by atoms with Crippen LogP contribution in [0.1, 0.15) is 30.4 Å². The van der Waals surface area contributed by atoms with Gasteiger partial charge in [0.2, 0.25) is 0 Å². The van der Waals surface area contributed by atoms with E-state index in [1.807, 2.05) is 36.7 Å². The molecule has 0 saturated heterocycles. The highest BCUT2D eigenvalue weighted by Gasteiger charge is 2.15. The molecule has 2 aromatic carbocycles. The Morgan fingerprint density at radius 2 is 1.57 bits per heavy atom. The number of halogens is 1. The second kappa shape index (κ2) is 13.6. The van der Waals surface area contributed by atoms with Crippen LogP contribution < -0.4 is 33.2 Å². The number of hydrogen-bond acceptors (Lipinski definition) is 8. The van der Waals surface area contributed by atoms with Gasteiger partial charge in [0.25, 0.3) is 10.0 Å². The van der Waals surface area contributed by atoms with Crippen LogP contribution in [0.25, 0.3) is 11.0 Å². The van der Waals surface area contributed by atoms with E-state index < -0.39 is 10.0 Å². The van der Waals surface area contributed by atoms with Gasteiger partial charge in [-0.3, -0.25) is 9.71 Å². The summed E-state index contributed by atoms with van der Waals surface area (Å²) < 4.78 is 29.0. The molecule has 0 spiro atoms. The van der Waals surface area contributed by atoms with Gasteiger partial charge in [0, 0.05) is 37.4 Å². The Hall–Kier alpha value is -4.35. The van der Waals surface area contributed by atoms with Crippen molar-refractivity contribution in [2.75, 3.05) is 16.2 Å². The molecule has 3 aromatic heterocycles. The summed E-state index contributed by atoms with van der Waals surface area (Å²) in [5, 5.41) is 0. The Kier molecular flexibility index (Phi) is 10.3. The van der Waals surface area contributed by atoms with Crippen LogP contribution in [-0.4, -0.2) is 28.4 Å². The van der Waals surface area contributed by atoms with Crippen LogP contribution in [0.5, 0.6) is 0 Å². The molecule has 0 atom stereocenters. The largest absolute Gasteiger partial charge is 1.00 e. The van der Waals surface area contributed by atoms with Gasteiger partial charge in [-0.2, -0.15) is 4.57 Å².